The molecule has 0 aliphatic carbocycles. The van der Waals surface area contributed by atoms with Gasteiger partial charge >= 0.3 is 0 Å². The molecule has 0 fully saturated rings. The molecular formula is C18H21N3O2. The van der Waals surface area contributed by atoms with E-state index in [0.717, 1.165) is 16.9 Å². The number of anilines is 3. The predicted octanol–water partition coefficient (Wildman–Crippen LogP) is 3.39. The molecule has 120 valence electrons. The largest absolute Gasteiger partial charge is 0.374 e. The maximum absolute atomic E-state index is 12.3. The minimum Gasteiger partial charge on any atom is -0.374 e. The molecule has 2 aromatic carbocycles. The average molecular weight is 311 g/mol. The van der Waals surface area contributed by atoms with Crippen LogP contribution in [0.15, 0.2) is 48.5 Å². The number of nitrogens with one attached hydrogen (secondary N) is 3. The lowest BCUT2D eigenvalue weighted by Crippen LogP contribution is -2.32. The van der Waals surface area contributed by atoms with Gasteiger partial charge in [-0.1, -0.05) is 24.3 Å². The van der Waals surface area contributed by atoms with Crippen molar-refractivity contribution in [1.29, 1.82) is 0 Å². The van der Waals surface area contributed by atoms with Gasteiger partial charge in [0.25, 0.3) is 0 Å². The average Bonchev–Trinajstić information content (AvgIpc) is 2.49. The summed E-state index contributed by atoms with van der Waals surface area (Å²) >= 11 is 0. The van der Waals surface area contributed by atoms with Crippen LogP contribution in [-0.2, 0) is 9.59 Å². The van der Waals surface area contributed by atoms with Crippen LogP contribution in [0.1, 0.15) is 19.4 Å². The highest BCUT2D eigenvalue weighted by molar-refractivity contribution is 5.97. The quantitative estimate of drug-likeness (QED) is 0.792. The zero-order valence-electron chi connectivity index (χ0n) is 13.5. The summed E-state index contributed by atoms with van der Waals surface area (Å²) in [5.74, 6) is -0.253. The molecule has 0 saturated carbocycles. The third-order valence-electron chi connectivity index (χ3n) is 3.36. The lowest BCUT2D eigenvalue weighted by atomic mass is 10.2. The molecule has 2 rings (SSSR count). The zero-order chi connectivity index (χ0) is 16.8. The molecule has 2 amide bonds. The molecule has 23 heavy (non-hydrogen) atoms. The SMILES string of the molecule is CC(=O)Nc1cccc(N[C@@H](C)C(=O)Nc2ccccc2C)c1. The van der Waals surface area contributed by atoms with Gasteiger partial charge in [-0.25, -0.2) is 0 Å². The summed E-state index contributed by atoms with van der Waals surface area (Å²) in [7, 11) is 0. The number of hydrogen-bond donors (Lipinski definition) is 3. The summed E-state index contributed by atoms with van der Waals surface area (Å²) in [4.78, 5) is 23.4. The van der Waals surface area contributed by atoms with E-state index < -0.39 is 6.04 Å². The van der Waals surface area contributed by atoms with Gasteiger partial charge in [0.1, 0.15) is 6.04 Å². The second-order valence-electron chi connectivity index (χ2n) is 5.43. The highest BCUT2D eigenvalue weighted by Crippen LogP contribution is 2.17. The van der Waals surface area contributed by atoms with Gasteiger partial charge in [-0.15, -0.1) is 0 Å². The Kier molecular flexibility index (Phi) is 5.36. The van der Waals surface area contributed by atoms with E-state index in [9.17, 15) is 9.59 Å². The summed E-state index contributed by atoms with van der Waals surface area (Å²) in [6, 6.07) is 14.5. The number of amides is 2. The van der Waals surface area contributed by atoms with Crippen molar-refractivity contribution in [3.05, 3.63) is 54.1 Å². The topological polar surface area (TPSA) is 70.2 Å². The second-order valence-corrected chi connectivity index (χ2v) is 5.43. The molecule has 3 N–H and O–H groups in total. The first-order chi connectivity index (χ1) is 11.0. The molecule has 0 heterocycles. The molecule has 0 bridgehead atoms. The smallest absolute Gasteiger partial charge is 0.246 e. The van der Waals surface area contributed by atoms with E-state index in [1.54, 1.807) is 19.1 Å². The van der Waals surface area contributed by atoms with Crippen molar-refractivity contribution >= 4 is 28.9 Å². The monoisotopic (exact) mass is 311 g/mol. The summed E-state index contributed by atoms with van der Waals surface area (Å²) < 4.78 is 0. The Morgan fingerprint density at radius 2 is 1.65 bits per heavy atom. The molecule has 0 aliphatic rings. The Labute approximate surface area is 136 Å². The second kappa shape index (κ2) is 7.45. The zero-order valence-corrected chi connectivity index (χ0v) is 13.5. The molecule has 1 atom stereocenters. The molecule has 5 heteroatoms. The fourth-order valence-electron chi connectivity index (χ4n) is 2.16. The van der Waals surface area contributed by atoms with Gasteiger partial charge in [0.05, 0.1) is 0 Å². The van der Waals surface area contributed by atoms with Gasteiger partial charge in [0, 0.05) is 24.0 Å². The van der Waals surface area contributed by atoms with Gasteiger partial charge in [-0.3, -0.25) is 9.59 Å². The summed E-state index contributed by atoms with van der Waals surface area (Å²) in [5.41, 5.74) is 3.27. The van der Waals surface area contributed by atoms with Crippen molar-refractivity contribution in [3.8, 4) is 0 Å². The molecule has 0 unspecified atom stereocenters. The van der Waals surface area contributed by atoms with Crippen LogP contribution in [0.25, 0.3) is 0 Å². The number of benzene rings is 2. The van der Waals surface area contributed by atoms with Crippen molar-refractivity contribution in [2.45, 2.75) is 26.8 Å². The first kappa shape index (κ1) is 16.5. The van der Waals surface area contributed by atoms with Gasteiger partial charge in [-0.2, -0.15) is 0 Å². The van der Waals surface area contributed by atoms with Crippen LogP contribution in [0.3, 0.4) is 0 Å². The van der Waals surface area contributed by atoms with E-state index in [1.165, 1.54) is 6.92 Å². The lowest BCUT2D eigenvalue weighted by Gasteiger charge is -2.17. The number of aryl methyl sites for hydroxylation is 1. The van der Waals surface area contributed by atoms with Crippen molar-refractivity contribution in [3.63, 3.8) is 0 Å². The third kappa shape index (κ3) is 4.85. The van der Waals surface area contributed by atoms with E-state index in [-0.39, 0.29) is 11.8 Å². The normalized spacial score (nSPS) is 11.4. The van der Waals surface area contributed by atoms with Crippen LogP contribution in [0.2, 0.25) is 0 Å². The molecular weight excluding hydrogens is 290 g/mol. The molecule has 0 saturated heterocycles. The van der Waals surface area contributed by atoms with Gasteiger partial charge < -0.3 is 16.0 Å². The lowest BCUT2D eigenvalue weighted by molar-refractivity contribution is -0.116. The van der Waals surface area contributed by atoms with Crippen LogP contribution in [-0.4, -0.2) is 17.9 Å². The summed E-state index contributed by atoms with van der Waals surface area (Å²) in [5, 5.41) is 8.75. The Balaban J connectivity index is 2.01. The summed E-state index contributed by atoms with van der Waals surface area (Å²) in [6.45, 7) is 5.20. The number of para-hydroxylation sites is 1. The minimum atomic E-state index is -0.415. The van der Waals surface area contributed by atoms with Crippen LogP contribution in [0.4, 0.5) is 17.1 Å². The number of rotatable bonds is 5. The Bertz CT molecular complexity index is 713. The van der Waals surface area contributed by atoms with Gasteiger partial charge in [0.2, 0.25) is 11.8 Å². The number of carbonyl (C=O) groups is 2. The number of hydrogen-bond acceptors (Lipinski definition) is 3. The van der Waals surface area contributed by atoms with Gasteiger partial charge in [-0.05, 0) is 43.7 Å². The van der Waals surface area contributed by atoms with E-state index in [0.29, 0.717) is 5.69 Å². The third-order valence-corrected chi connectivity index (χ3v) is 3.36. The Morgan fingerprint density at radius 3 is 2.35 bits per heavy atom. The molecule has 0 radical (unpaired) electrons. The van der Waals surface area contributed by atoms with Crippen LogP contribution in [0.5, 0.6) is 0 Å². The van der Waals surface area contributed by atoms with E-state index in [2.05, 4.69) is 16.0 Å². The fourth-order valence-corrected chi connectivity index (χ4v) is 2.16. The standard InChI is InChI=1S/C18H21N3O2/c1-12-7-4-5-10-17(12)21-18(23)13(2)19-15-8-6-9-16(11-15)20-14(3)22/h4-11,13,19H,1-3H3,(H,20,22)(H,21,23)/t13-/m0/s1. The molecule has 0 aromatic heterocycles. The van der Waals surface area contributed by atoms with Crippen LogP contribution >= 0.6 is 0 Å². The van der Waals surface area contributed by atoms with Crippen molar-refractivity contribution in [2.24, 2.45) is 0 Å². The van der Waals surface area contributed by atoms with E-state index in [4.69, 9.17) is 0 Å². The maximum Gasteiger partial charge on any atom is 0.246 e. The number of carbonyl (C=O) groups excluding carboxylic acids is 2. The molecule has 0 aliphatic heterocycles. The van der Waals surface area contributed by atoms with Gasteiger partial charge in [0.15, 0.2) is 0 Å². The molecule has 5 nitrogen and oxygen atoms in total. The van der Waals surface area contributed by atoms with E-state index in [1.807, 2.05) is 43.3 Å². The predicted molar refractivity (Wildman–Crippen MR) is 93.6 cm³/mol. The first-order valence-corrected chi connectivity index (χ1v) is 7.46. The van der Waals surface area contributed by atoms with E-state index >= 15 is 0 Å². The Morgan fingerprint density at radius 1 is 0.957 bits per heavy atom. The molecule has 0 spiro atoms. The van der Waals surface area contributed by atoms with Crippen LogP contribution in [0, 0.1) is 6.92 Å². The maximum atomic E-state index is 12.3. The minimum absolute atomic E-state index is 0.121. The van der Waals surface area contributed by atoms with Crippen molar-refractivity contribution < 1.29 is 9.59 Å². The van der Waals surface area contributed by atoms with Crippen molar-refractivity contribution in [1.82, 2.24) is 0 Å². The fraction of sp³-hybridized carbons (Fsp3) is 0.222. The first-order valence-electron chi connectivity index (χ1n) is 7.46. The highest BCUT2D eigenvalue weighted by Gasteiger charge is 2.13. The van der Waals surface area contributed by atoms with Crippen molar-refractivity contribution in [2.75, 3.05) is 16.0 Å². The summed E-state index contributed by atoms with van der Waals surface area (Å²) in [6.07, 6.45) is 0. The highest BCUT2D eigenvalue weighted by atomic mass is 16.2. The molecule has 2 aromatic rings. The van der Waals surface area contributed by atoms with Crippen LogP contribution < -0.4 is 16.0 Å². The Hall–Kier alpha value is -2.82.